The van der Waals surface area contributed by atoms with Crippen molar-refractivity contribution in [3.63, 3.8) is 0 Å². The summed E-state index contributed by atoms with van der Waals surface area (Å²) in [5.74, 6) is 0. The summed E-state index contributed by atoms with van der Waals surface area (Å²) in [7, 11) is 2.52. The molecule has 1 nitrogen and oxygen atoms in total. The van der Waals surface area contributed by atoms with E-state index in [-0.39, 0.29) is 0 Å². The van der Waals surface area contributed by atoms with Crippen LogP contribution in [0.3, 0.4) is 0 Å². The zero-order valence-electron chi connectivity index (χ0n) is 4.70. The third kappa shape index (κ3) is 0.871. The number of nitrogens with one attached hydrogen (secondary N) is 1. The Hall–Kier alpha value is -0.380. The van der Waals surface area contributed by atoms with Crippen molar-refractivity contribution in [1.29, 1.82) is 0 Å². The van der Waals surface area contributed by atoms with E-state index < -0.39 is 0 Å². The van der Waals surface area contributed by atoms with Crippen molar-refractivity contribution in [2.24, 2.45) is 0 Å². The van der Waals surface area contributed by atoms with Gasteiger partial charge in [0, 0.05) is 26.9 Å². The van der Waals surface area contributed by atoms with Crippen LogP contribution in [-0.2, 0) is 0 Å². The lowest BCUT2D eigenvalue weighted by molar-refractivity contribution is 1.88. The predicted octanol–water partition coefficient (Wildman–Crippen LogP) is 3.33. The maximum Gasteiger partial charge on any atom is 0.0322 e. The standard InChI is InChI=1S/C6H5NP2/c1-2-4-6-5(3-1)8-7-9-6/h1-4,7H. The summed E-state index contributed by atoms with van der Waals surface area (Å²) in [4.78, 5) is 0. The molecule has 9 heavy (non-hydrogen) atoms. The Balaban J connectivity index is 2.95. The van der Waals surface area contributed by atoms with Crippen LogP contribution in [0.25, 0.3) is 10.2 Å². The summed E-state index contributed by atoms with van der Waals surface area (Å²) in [5, 5.41) is 2.83. The van der Waals surface area contributed by atoms with Gasteiger partial charge in [0.15, 0.2) is 0 Å². The normalized spacial score (nSPS) is 12.0. The van der Waals surface area contributed by atoms with Crippen molar-refractivity contribution in [3.05, 3.63) is 24.3 Å². The minimum Gasteiger partial charge on any atom is -0.320 e. The molecule has 0 fully saturated rings. The van der Waals surface area contributed by atoms with E-state index in [0.717, 1.165) is 0 Å². The van der Waals surface area contributed by atoms with Crippen molar-refractivity contribution >= 4 is 26.9 Å². The highest BCUT2D eigenvalue weighted by Gasteiger charge is 1.89. The Morgan fingerprint density at radius 3 is 2.11 bits per heavy atom. The quantitative estimate of drug-likeness (QED) is 0.597. The van der Waals surface area contributed by atoms with Gasteiger partial charge in [0.05, 0.1) is 0 Å². The van der Waals surface area contributed by atoms with Crippen molar-refractivity contribution in [1.82, 2.24) is 4.51 Å². The molecule has 0 radical (unpaired) electrons. The van der Waals surface area contributed by atoms with Gasteiger partial charge in [-0.25, -0.2) is 0 Å². The highest BCUT2D eigenvalue weighted by Crippen LogP contribution is 2.28. The molecule has 1 aromatic carbocycles. The number of hydrogen-bond acceptors (Lipinski definition) is 0. The van der Waals surface area contributed by atoms with Crippen molar-refractivity contribution in [2.45, 2.75) is 0 Å². The molecule has 3 heteroatoms. The molecular weight excluding hydrogens is 148 g/mol. The molecule has 2 aromatic rings. The van der Waals surface area contributed by atoms with Crippen LogP contribution < -0.4 is 0 Å². The van der Waals surface area contributed by atoms with E-state index in [1.807, 2.05) is 0 Å². The third-order valence-electron chi connectivity index (χ3n) is 1.22. The molecule has 0 aliphatic heterocycles. The molecule has 1 heterocycles. The maximum absolute atomic E-state index is 3.23. The van der Waals surface area contributed by atoms with Crippen molar-refractivity contribution in [3.8, 4) is 0 Å². The summed E-state index contributed by atoms with van der Waals surface area (Å²) in [6.07, 6.45) is 0. The van der Waals surface area contributed by atoms with Crippen molar-refractivity contribution < 1.29 is 0 Å². The number of benzene rings is 1. The zero-order valence-corrected chi connectivity index (χ0v) is 6.49. The van der Waals surface area contributed by atoms with E-state index in [4.69, 9.17) is 0 Å². The smallest absolute Gasteiger partial charge is 0.0322 e. The molecule has 1 aromatic heterocycles. The average molecular weight is 153 g/mol. The maximum atomic E-state index is 3.23. The molecule has 0 unspecified atom stereocenters. The van der Waals surface area contributed by atoms with E-state index in [9.17, 15) is 0 Å². The Kier molecular flexibility index (Phi) is 1.26. The first kappa shape index (κ1) is 5.41. The van der Waals surface area contributed by atoms with Gasteiger partial charge >= 0.3 is 0 Å². The van der Waals surface area contributed by atoms with Crippen LogP contribution in [0.2, 0.25) is 0 Å². The van der Waals surface area contributed by atoms with Gasteiger partial charge < -0.3 is 4.51 Å². The van der Waals surface area contributed by atoms with E-state index in [1.165, 1.54) is 26.9 Å². The molecule has 0 saturated carbocycles. The molecule has 0 bridgehead atoms. The second-order valence-electron chi connectivity index (χ2n) is 1.81. The Labute approximate surface area is 56.4 Å². The van der Waals surface area contributed by atoms with Crippen molar-refractivity contribution in [2.75, 3.05) is 0 Å². The van der Waals surface area contributed by atoms with Crippen LogP contribution in [0.1, 0.15) is 0 Å². The van der Waals surface area contributed by atoms with Gasteiger partial charge in [0.2, 0.25) is 0 Å². The van der Waals surface area contributed by atoms with Gasteiger partial charge in [-0.05, 0) is 12.1 Å². The lowest BCUT2D eigenvalue weighted by atomic mass is 10.4. The Bertz CT molecular complexity index is 285. The third-order valence-corrected chi connectivity index (χ3v) is 3.46. The first-order chi connectivity index (χ1) is 4.47. The van der Waals surface area contributed by atoms with Crippen LogP contribution >= 0.6 is 16.7 Å². The number of H-pyrrole nitrogens is 1. The van der Waals surface area contributed by atoms with Crippen LogP contribution in [-0.4, -0.2) is 4.51 Å². The molecular formula is C6H5NP2. The summed E-state index contributed by atoms with van der Waals surface area (Å²) in [6.45, 7) is 0. The molecule has 1 N–H and O–H groups in total. The zero-order chi connectivity index (χ0) is 6.10. The summed E-state index contributed by atoms with van der Waals surface area (Å²) < 4.78 is 3.23. The fourth-order valence-electron chi connectivity index (χ4n) is 0.786. The van der Waals surface area contributed by atoms with E-state index in [1.54, 1.807) is 0 Å². The topological polar surface area (TPSA) is 15.8 Å². The van der Waals surface area contributed by atoms with Gasteiger partial charge in [-0.15, -0.1) is 0 Å². The summed E-state index contributed by atoms with van der Waals surface area (Å²) in [6, 6.07) is 8.47. The number of aromatic amines is 1. The lowest BCUT2D eigenvalue weighted by Crippen LogP contribution is -1.53. The Morgan fingerprint density at radius 1 is 1.00 bits per heavy atom. The predicted molar refractivity (Wildman–Crippen MR) is 43.3 cm³/mol. The molecule has 0 spiro atoms. The first-order valence-electron chi connectivity index (χ1n) is 2.72. The second-order valence-corrected chi connectivity index (χ2v) is 4.02. The van der Waals surface area contributed by atoms with Gasteiger partial charge in [-0.3, -0.25) is 0 Å². The number of fused-ring (bicyclic) bond motifs is 1. The largest absolute Gasteiger partial charge is 0.320 e. The summed E-state index contributed by atoms with van der Waals surface area (Å²) in [5.41, 5.74) is 0. The second kappa shape index (κ2) is 2.10. The number of aromatic nitrogens is 1. The number of rotatable bonds is 0. The minimum atomic E-state index is 1.26. The monoisotopic (exact) mass is 153 g/mol. The fraction of sp³-hybridized carbons (Fsp3) is 0. The van der Waals surface area contributed by atoms with E-state index >= 15 is 0 Å². The highest BCUT2D eigenvalue weighted by molar-refractivity contribution is 7.48. The fourth-order valence-corrected chi connectivity index (χ4v) is 2.85. The van der Waals surface area contributed by atoms with Gasteiger partial charge in [-0.2, -0.15) is 0 Å². The van der Waals surface area contributed by atoms with Crippen LogP contribution in [0, 0.1) is 0 Å². The van der Waals surface area contributed by atoms with Crippen LogP contribution in [0.4, 0.5) is 0 Å². The minimum absolute atomic E-state index is 1.26. The molecule has 0 aliphatic carbocycles. The molecule has 2 rings (SSSR count). The molecule has 0 aliphatic rings. The first-order valence-corrected chi connectivity index (χ1v) is 4.51. The SMILES string of the molecule is c1ccc2p[nH]pc2c1. The molecule has 0 amide bonds. The van der Waals surface area contributed by atoms with Crippen LogP contribution in [0.5, 0.6) is 0 Å². The summed E-state index contributed by atoms with van der Waals surface area (Å²) >= 11 is 0. The van der Waals surface area contributed by atoms with Gasteiger partial charge in [0.25, 0.3) is 0 Å². The highest BCUT2D eigenvalue weighted by atomic mass is 31.1. The van der Waals surface area contributed by atoms with Crippen LogP contribution in [0.15, 0.2) is 24.3 Å². The van der Waals surface area contributed by atoms with Gasteiger partial charge in [0.1, 0.15) is 0 Å². The molecule has 0 saturated heterocycles. The average Bonchev–Trinajstić information content (AvgIpc) is 2.33. The number of hydrogen-bond donors (Lipinski definition) is 1. The van der Waals surface area contributed by atoms with E-state index in [0.29, 0.717) is 0 Å². The Morgan fingerprint density at radius 2 is 1.56 bits per heavy atom. The van der Waals surface area contributed by atoms with Gasteiger partial charge in [-0.1, -0.05) is 12.1 Å². The molecule has 44 valence electrons. The van der Waals surface area contributed by atoms with E-state index in [2.05, 4.69) is 28.8 Å². The molecule has 0 atom stereocenters. The lowest BCUT2D eigenvalue weighted by Gasteiger charge is -1.80.